The van der Waals surface area contributed by atoms with Crippen LogP contribution >= 0.6 is 0 Å². The number of rotatable bonds is 5. The van der Waals surface area contributed by atoms with Gasteiger partial charge in [0.05, 0.1) is 0 Å². The van der Waals surface area contributed by atoms with Crippen LogP contribution in [0.2, 0.25) is 0 Å². The monoisotopic (exact) mass is 596 g/mol. The Kier molecular flexibility index (Phi) is 6.65. The fraction of sp³-hybridized carbons (Fsp3) is 0.0213. The highest BCUT2D eigenvalue weighted by Crippen LogP contribution is 2.42. The lowest BCUT2D eigenvalue weighted by Crippen LogP contribution is -1.97. The lowest BCUT2D eigenvalue weighted by molar-refractivity contribution is 1.23. The number of hydrogen-bond acceptors (Lipinski definition) is 0. The lowest BCUT2D eigenvalue weighted by atomic mass is 9.85. The quantitative estimate of drug-likeness (QED) is 0.173. The minimum absolute atomic E-state index is 0.863. The first kappa shape index (κ1) is 27.3. The highest BCUT2D eigenvalue weighted by Gasteiger charge is 2.17. The van der Waals surface area contributed by atoms with E-state index in [4.69, 9.17) is 0 Å². The molecule has 0 nitrogen and oxygen atoms in total. The molecule has 0 fully saturated rings. The summed E-state index contributed by atoms with van der Waals surface area (Å²) in [6, 6.07) is 66.7. The van der Waals surface area contributed by atoms with Gasteiger partial charge in [0, 0.05) is 0 Å². The Morgan fingerprint density at radius 2 is 0.766 bits per heavy atom. The molecule has 0 saturated heterocycles. The van der Waals surface area contributed by atoms with E-state index in [-0.39, 0.29) is 0 Å². The Hall–Kier alpha value is -5.98. The maximum absolute atomic E-state index is 2.37. The summed E-state index contributed by atoms with van der Waals surface area (Å²) in [7, 11) is 0. The molecule has 0 heteroatoms. The number of hydrogen-bond donors (Lipinski definition) is 0. The third kappa shape index (κ3) is 4.87. The van der Waals surface area contributed by atoms with Crippen LogP contribution in [0, 0.1) is 0 Å². The van der Waals surface area contributed by atoms with Crippen LogP contribution in [0.5, 0.6) is 0 Å². The van der Waals surface area contributed by atoms with Gasteiger partial charge in [0.2, 0.25) is 0 Å². The first-order chi connectivity index (χ1) is 23.3. The van der Waals surface area contributed by atoms with Crippen LogP contribution in [-0.4, -0.2) is 0 Å². The Morgan fingerprint density at radius 3 is 1.45 bits per heavy atom. The number of benzene rings is 9. The van der Waals surface area contributed by atoms with Gasteiger partial charge < -0.3 is 0 Å². The van der Waals surface area contributed by atoms with Crippen molar-refractivity contribution >= 4 is 43.1 Å². The van der Waals surface area contributed by atoms with Crippen molar-refractivity contribution in [1.29, 1.82) is 0 Å². The van der Waals surface area contributed by atoms with Crippen molar-refractivity contribution in [3.05, 3.63) is 193 Å². The Morgan fingerprint density at radius 1 is 0.298 bits per heavy atom. The largest absolute Gasteiger partial charge is 0.0622 e. The molecule has 9 aromatic carbocycles. The summed E-state index contributed by atoms with van der Waals surface area (Å²) in [4.78, 5) is 0. The molecule has 0 bridgehead atoms. The molecule has 0 amide bonds. The topological polar surface area (TPSA) is 0 Å². The second kappa shape index (κ2) is 11.4. The molecule has 9 rings (SSSR count). The Labute approximate surface area is 275 Å². The van der Waals surface area contributed by atoms with E-state index in [1.807, 2.05) is 0 Å². The third-order valence-corrected chi connectivity index (χ3v) is 9.72. The van der Waals surface area contributed by atoms with Gasteiger partial charge >= 0.3 is 0 Å². The fourth-order valence-corrected chi connectivity index (χ4v) is 7.43. The zero-order chi connectivity index (χ0) is 31.2. The molecule has 0 N–H and O–H groups in total. The molecule has 0 aromatic heterocycles. The van der Waals surface area contributed by atoms with E-state index in [0.717, 1.165) is 6.42 Å². The van der Waals surface area contributed by atoms with Gasteiger partial charge in [0.25, 0.3) is 0 Å². The maximum Gasteiger partial charge on any atom is -0.000728 e. The molecule has 9 aromatic rings. The predicted molar refractivity (Wildman–Crippen MR) is 202 cm³/mol. The molecule has 47 heavy (non-hydrogen) atoms. The van der Waals surface area contributed by atoms with E-state index in [1.165, 1.54) is 87.6 Å². The van der Waals surface area contributed by atoms with Gasteiger partial charge in [0.1, 0.15) is 0 Å². The molecule has 0 aliphatic rings. The molecule has 0 radical (unpaired) electrons. The van der Waals surface area contributed by atoms with Crippen molar-refractivity contribution in [1.82, 2.24) is 0 Å². The van der Waals surface area contributed by atoms with E-state index in [0.29, 0.717) is 0 Å². The Bertz CT molecular complexity index is 2530. The van der Waals surface area contributed by atoms with E-state index in [1.54, 1.807) is 0 Å². The van der Waals surface area contributed by atoms with Gasteiger partial charge in [-0.05, 0) is 112 Å². The highest BCUT2D eigenvalue weighted by atomic mass is 14.2. The summed E-state index contributed by atoms with van der Waals surface area (Å²) in [5, 5.41) is 10.3. The second-order valence-corrected chi connectivity index (χ2v) is 12.5. The van der Waals surface area contributed by atoms with Crippen molar-refractivity contribution in [3.63, 3.8) is 0 Å². The minimum atomic E-state index is 0.863. The zero-order valence-electron chi connectivity index (χ0n) is 26.0. The van der Waals surface area contributed by atoms with E-state index >= 15 is 0 Å². The van der Waals surface area contributed by atoms with Gasteiger partial charge in [-0.15, -0.1) is 0 Å². The van der Waals surface area contributed by atoms with E-state index in [2.05, 4.69) is 182 Å². The van der Waals surface area contributed by atoms with Crippen molar-refractivity contribution < 1.29 is 0 Å². The molecule has 0 unspecified atom stereocenters. The molecular formula is C47H32. The van der Waals surface area contributed by atoms with Crippen molar-refractivity contribution in [2.75, 3.05) is 0 Å². The average Bonchev–Trinajstić information content (AvgIpc) is 3.15. The fourth-order valence-electron chi connectivity index (χ4n) is 7.43. The van der Waals surface area contributed by atoms with Crippen LogP contribution in [0.4, 0.5) is 0 Å². The zero-order valence-corrected chi connectivity index (χ0v) is 26.0. The number of fused-ring (bicyclic) bond motifs is 4. The van der Waals surface area contributed by atoms with Gasteiger partial charge in [-0.2, -0.15) is 0 Å². The molecule has 0 saturated carbocycles. The minimum Gasteiger partial charge on any atom is -0.0622 e. The summed E-state index contributed by atoms with van der Waals surface area (Å²) in [5.74, 6) is 0. The maximum atomic E-state index is 2.37. The van der Waals surface area contributed by atoms with Gasteiger partial charge in [-0.1, -0.05) is 164 Å². The lowest BCUT2D eigenvalue weighted by Gasteiger charge is -2.19. The predicted octanol–water partition coefficient (Wildman–Crippen LogP) is 12.9. The summed E-state index contributed by atoms with van der Waals surface area (Å²) in [6.45, 7) is 0. The van der Waals surface area contributed by atoms with Crippen LogP contribution in [-0.2, 0) is 6.42 Å². The normalized spacial score (nSPS) is 11.5. The summed E-state index contributed by atoms with van der Waals surface area (Å²) < 4.78 is 0. The summed E-state index contributed by atoms with van der Waals surface area (Å²) in [6.07, 6.45) is 0.863. The molecule has 220 valence electrons. The van der Waals surface area contributed by atoms with Crippen molar-refractivity contribution in [3.8, 4) is 33.4 Å². The first-order valence-corrected chi connectivity index (χ1v) is 16.4. The van der Waals surface area contributed by atoms with Crippen LogP contribution in [0.15, 0.2) is 182 Å². The van der Waals surface area contributed by atoms with E-state index < -0.39 is 0 Å². The Balaban J connectivity index is 1.18. The molecular weight excluding hydrogens is 565 g/mol. The summed E-state index contributed by atoms with van der Waals surface area (Å²) >= 11 is 0. The van der Waals surface area contributed by atoms with Crippen LogP contribution < -0.4 is 0 Å². The summed E-state index contributed by atoms with van der Waals surface area (Å²) in [5.41, 5.74) is 10.3. The van der Waals surface area contributed by atoms with Crippen molar-refractivity contribution in [2.24, 2.45) is 0 Å². The smallest absolute Gasteiger partial charge is 0.000728 e. The molecule has 0 aliphatic carbocycles. The van der Waals surface area contributed by atoms with Crippen LogP contribution in [0.1, 0.15) is 11.1 Å². The molecule has 0 atom stereocenters. The van der Waals surface area contributed by atoms with Crippen molar-refractivity contribution in [2.45, 2.75) is 6.42 Å². The van der Waals surface area contributed by atoms with Gasteiger partial charge in [-0.3, -0.25) is 0 Å². The van der Waals surface area contributed by atoms with Crippen LogP contribution in [0.3, 0.4) is 0 Å². The molecule has 0 heterocycles. The highest BCUT2D eigenvalue weighted by molar-refractivity contribution is 6.16. The first-order valence-electron chi connectivity index (χ1n) is 16.4. The van der Waals surface area contributed by atoms with E-state index in [9.17, 15) is 0 Å². The van der Waals surface area contributed by atoms with Crippen LogP contribution in [0.25, 0.3) is 76.5 Å². The SMILES string of the molecule is c1ccc(-c2ccccc2Cc2c3ccccc3c(-c3ccc4cc(-c5ccc6ccccc6c5)ccc4c3)c3ccccc23)cc1. The van der Waals surface area contributed by atoms with Gasteiger partial charge in [0.15, 0.2) is 0 Å². The molecule has 0 spiro atoms. The third-order valence-electron chi connectivity index (χ3n) is 9.72. The molecule has 0 aliphatic heterocycles. The standard InChI is InChI=1S/C47H32/c1-2-13-33(14-3-1)41-17-7-6-16-39(41)31-46-42-18-8-10-20-44(42)47(45-21-11-9-19-43(45)46)40-27-26-37-29-36(24-25-38(37)30-40)35-23-22-32-12-4-5-15-34(32)28-35/h1-30H,31H2. The average molecular weight is 597 g/mol. The van der Waals surface area contributed by atoms with Gasteiger partial charge in [-0.25, -0.2) is 0 Å². The second-order valence-electron chi connectivity index (χ2n) is 12.5.